The zero-order valence-corrected chi connectivity index (χ0v) is 16.1. The molecule has 0 saturated heterocycles. The zero-order chi connectivity index (χ0) is 2.00. The van der Waals surface area contributed by atoms with Crippen molar-refractivity contribution in [3.05, 3.63) is 0 Å². The van der Waals surface area contributed by atoms with Gasteiger partial charge in [-0.15, -0.1) is 0 Å². The summed E-state index contributed by atoms with van der Waals surface area (Å²) in [4.78, 5) is 0. The van der Waals surface area contributed by atoms with Crippen molar-refractivity contribution in [2.45, 2.75) is 0 Å². The molecule has 0 rings (SSSR count). The average molecular weight is 469 g/mol. The van der Waals surface area contributed by atoms with Crippen LogP contribution in [0.15, 0.2) is 0 Å². The van der Waals surface area contributed by atoms with E-state index in [0.29, 0.717) is 0 Å². The summed E-state index contributed by atoms with van der Waals surface area (Å²) < 4.78 is 8.42. The standard InChI is InChI=1S/Bi.In.O.Sb.7H. The molecule has 0 aromatic carbocycles. The molecular weight excluding hydrogens is 462 g/mol. The topological polar surface area (TPSA) is 17.1 Å². The predicted octanol–water partition coefficient (Wildman–Crippen LogP) is -3.14. The van der Waals surface area contributed by atoms with Crippen LogP contribution in [0, 0.1) is 0 Å². The van der Waals surface area contributed by atoms with Gasteiger partial charge in [-0.1, -0.05) is 0 Å². The predicted molar refractivity (Wildman–Crippen MR) is 27.7 cm³/mol. The van der Waals surface area contributed by atoms with Crippen molar-refractivity contribution in [2.75, 3.05) is 0 Å². The van der Waals surface area contributed by atoms with Crippen molar-refractivity contribution >= 4 is 75.0 Å². The second-order valence-corrected chi connectivity index (χ2v) is 0. The van der Waals surface area contributed by atoms with Gasteiger partial charge in [0.1, 0.15) is 0 Å². The third-order valence-corrected chi connectivity index (χ3v) is 0. The third kappa shape index (κ3) is 8.84. The van der Waals surface area contributed by atoms with Crippen LogP contribution in [-0.4, -0.2) is 75.0 Å². The van der Waals surface area contributed by atoms with Gasteiger partial charge in [-0.05, 0) is 0 Å². The molecule has 0 aromatic heterocycles. The molecule has 0 spiro atoms. The summed E-state index contributed by atoms with van der Waals surface area (Å²) in [7, 11) is 0. The van der Waals surface area contributed by atoms with Crippen molar-refractivity contribution in [1.82, 2.24) is 0 Å². The molecule has 0 radical (unpaired) electrons. The molecule has 26 valence electrons. The Morgan fingerprint density at radius 3 is 1.25 bits per heavy atom. The van der Waals surface area contributed by atoms with Crippen LogP contribution in [0.4, 0.5) is 0 Å². The van der Waals surface area contributed by atoms with E-state index in [2.05, 4.69) is 0 Å². The first-order valence-electron chi connectivity index (χ1n) is 0.289. The van der Waals surface area contributed by atoms with E-state index in [1.807, 2.05) is 0 Å². The van der Waals surface area contributed by atoms with Crippen molar-refractivity contribution in [3.63, 3.8) is 0 Å². The molecule has 1 nitrogen and oxygen atoms in total. The number of rotatable bonds is 0. The second-order valence-electron chi connectivity index (χ2n) is 0. The van der Waals surface area contributed by atoms with Gasteiger partial charge in [0, 0.05) is 0 Å². The first-order valence-corrected chi connectivity index (χ1v) is 1.94. The molecule has 0 atom stereocenters. The number of hydrogen-bond acceptors (Lipinski definition) is 1. The molecule has 4 heteroatoms. The van der Waals surface area contributed by atoms with Crippen LogP contribution in [0.3, 0.4) is 0 Å². The Morgan fingerprint density at radius 1 is 1.25 bits per heavy atom. The van der Waals surface area contributed by atoms with Crippen LogP contribution in [0.25, 0.3) is 0 Å². The molecule has 0 heterocycles. The molecule has 0 aliphatic rings. The van der Waals surface area contributed by atoms with Crippen molar-refractivity contribution in [2.24, 2.45) is 0 Å². The van der Waals surface area contributed by atoms with E-state index in [1.54, 1.807) is 0 Å². The van der Waals surface area contributed by atoms with E-state index in [9.17, 15) is 0 Å². The first-order chi connectivity index (χ1) is 1.00. The molecule has 0 aliphatic heterocycles. The molecule has 4 heavy (non-hydrogen) atoms. The van der Waals surface area contributed by atoms with Crippen molar-refractivity contribution < 1.29 is 2.85 Å². The van der Waals surface area contributed by atoms with E-state index in [1.165, 1.54) is 0 Å². The minimum absolute atomic E-state index is 0. The molecule has 0 amide bonds. The normalized spacial score (nSPS) is 0.750. The Morgan fingerprint density at radius 2 is 1.25 bits per heavy atom. The number of hydrogen-bond donors (Lipinski definition) is 0. The van der Waals surface area contributed by atoms with E-state index in [4.69, 9.17) is 2.85 Å². The van der Waals surface area contributed by atoms with Gasteiger partial charge < -0.3 is 0 Å². The summed E-state index contributed by atoms with van der Waals surface area (Å²) >= 11 is -0.1000. The van der Waals surface area contributed by atoms with Gasteiger partial charge in [-0.2, -0.15) is 0 Å². The SMILES string of the molecule is [BiH3].[O]=[InH].[SbH3]. The Kier molecular flexibility index (Phi) is 73.8. The average Bonchev–Trinajstić information content (AvgIpc) is 1.00. The molecule has 0 fully saturated rings. The van der Waals surface area contributed by atoms with E-state index < -0.39 is 0 Å². The third-order valence-electron chi connectivity index (χ3n) is 0. The van der Waals surface area contributed by atoms with Crippen molar-refractivity contribution in [1.29, 1.82) is 0 Å². The van der Waals surface area contributed by atoms with Gasteiger partial charge in [0.2, 0.25) is 0 Å². The van der Waals surface area contributed by atoms with Crippen LogP contribution in [0.2, 0.25) is 0 Å². The fraction of sp³-hybridized carbons (Fsp3) is 0. The summed E-state index contributed by atoms with van der Waals surface area (Å²) in [5, 5.41) is 0. The molecular formula is H7BiInOSb. The van der Waals surface area contributed by atoms with E-state index in [0.717, 1.165) is 0 Å². The zero-order valence-electron chi connectivity index (χ0n) is 2.53. The second kappa shape index (κ2) is 18.3. The molecule has 0 unspecified atom stereocenters. The summed E-state index contributed by atoms with van der Waals surface area (Å²) in [5.41, 5.74) is 0. The quantitative estimate of drug-likeness (QED) is 0.344. The minimum atomic E-state index is -0.1000. The fourth-order valence-electron chi connectivity index (χ4n) is 0. The van der Waals surface area contributed by atoms with Gasteiger partial charge in [0.05, 0.1) is 0 Å². The molecule has 0 saturated carbocycles. The molecule has 0 N–H and O–H groups in total. The molecule has 0 bridgehead atoms. The van der Waals surface area contributed by atoms with Crippen LogP contribution >= 0.6 is 0 Å². The summed E-state index contributed by atoms with van der Waals surface area (Å²) in [6.45, 7) is 0. The maximum absolute atomic E-state index is 8.42. The monoisotopic (exact) mass is 468 g/mol. The van der Waals surface area contributed by atoms with Gasteiger partial charge in [-0.25, -0.2) is 0 Å². The van der Waals surface area contributed by atoms with Crippen LogP contribution in [0.5, 0.6) is 0 Å². The summed E-state index contributed by atoms with van der Waals surface area (Å²) in [5.74, 6) is 0. The summed E-state index contributed by atoms with van der Waals surface area (Å²) in [6.07, 6.45) is 0. The fourth-order valence-corrected chi connectivity index (χ4v) is 0. The summed E-state index contributed by atoms with van der Waals surface area (Å²) in [6, 6.07) is 0. The van der Waals surface area contributed by atoms with Gasteiger partial charge in [-0.3, -0.25) is 0 Å². The van der Waals surface area contributed by atoms with Gasteiger partial charge in [0.25, 0.3) is 0 Å². The first kappa shape index (κ1) is 16.2. The van der Waals surface area contributed by atoms with Crippen LogP contribution < -0.4 is 0 Å². The Balaban J connectivity index is -0.00000000500. The van der Waals surface area contributed by atoms with E-state index >= 15 is 0 Å². The van der Waals surface area contributed by atoms with Crippen molar-refractivity contribution in [3.8, 4) is 0 Å². The molecule has 0 aromatic rings. The maximum atomic E-state index is 8.42. The molecule has 0 aliphatic carbocycles. The Labute approximate surface area is 76.5 Å². The van der Waals surface area contributed by atoms with Crippen LogP contribution in [0.1, 0.15) is 0 Å². The van der Waals surface area contributed by atoms with E-state index in [-0.39, 0.29) is 75.0 Å². The van der Waals surface area contributed by atoms with Gasteiger partial charge in [0.15, 0.2) is 0 Å². The van der Waals surface area contributed by atoms with Crippen LogP contribution in [-0.2, 0) is 2.85 Å². The Hall–Kier alpha value is 2.37. The Bertz CT molecular complexity index is 8.00. The van der Waals surface area contributed by atoms with Gasteiger partial charge >= 0.3 is 77.9 Å².